The summed E-state index contributed by atoms with van der Waals surface area (Å²) in [4.78, 5) is 11.4. The number of Topliss-reactive ketones (excluding diaryl/α,β-unsaturated/α-hetero) is 1. The highest BCUT2D eigenvalue weighted by Gasteiger charge is 2.09. The van der Waals surface area contributed by atoms with Gasteiger partial charge in [0.1, 0.15) is 6.61 Å². The zero-order chi connectivity index (χ0) is 11.5. The van der Waals surface area contributed by atoms with Crippen LogP contribution < -0.4 is 0 Å². The molecule has 0 saturated heterocycles. The maximum absolute atomic E-state index is 11.4. The van der Waals surface area contributed by atoms with E-state index < -0.39 is 22.5 Å². The summed E-state index contributed by atoms with van der Waals surface area (Å²) in [6.07, 6.45) is 0.891. The SMILES string of the molecule is CS(=O)(=O)OCC(=O)c1ccc(Cl)cc1. The highest BCUT2D eigenvalue weighted by atomic mass is 35.5. The van der Waals surface area contributed by atoms with E-state index in [1.807, 2.05) is 0 Å². The van der Waals surface area contributed by atoms with Crippen LogP contribution in [-0.4, -0.2) is 27.1 Å². The number of hydrogen-bond donors (Lipinski definition) is 0. The number of carbonyl (C=O) groups is 1. The molecule has 0 aliphatic rings. The molecule has 0 aliphatic carbocycles. The molecule has 1 rings (SSSR count). The number of hydrogen-bond acceptors (Lipinski definition) is 4. The molecule has 0 heterocycles. The number of halogens is 1. The third-order valence-corrected chi connectivity index (χ3v) is 2.37. The normalized spacial score (nSPS) is 11.3. The van der Waals surface area contributed by atoms with E-state index in [1.54, 1.807) is 12.1 Å². The Hall–Kier alpha value is -0.910. The quantitative estimate of drug-likeness (QED) is 0.598. The van der Waals surface area contributed by atoms with Gasteiger partial charge in [-0.15, -0.1) is 0 Å². The van der Waals surface area contributed by atoms with Gasteiger partial charge in [0.2, 0.25) is 0 Å². The first kappa shape index (κ1) is 12.2. The molecule has 1 aromatic rings. The van der Waals surface area contributed by atoms with Crippen molar-refractivity contribution in [3.8, 4) is 0 Å². The molecule has 0 radical (unpaired) electrons. The Morgan fingerprint density at radius 3 is 2.33 bits per heavy atom. The van der Waals surface area contributed by atoms with Crippen molar-refractivity contribution in [1.29, 1.82) is 0 Å². The molecule has 0 atom stereocenters. The lowest BCUT2D eigenvalue weighted by atomic mass is 10.1. The molecule has 1 aromatic carbocycles. The van der Waals surface area contributed by atoms with Crippen LogP contribution in [0.4, 0.5) is 0 Å². The van der Waals surface area contributed by atoms with Gasteiger partial charge in [-0.1, -0.05) is 11.6 Å². The monoisotopic (exact) mass is 248 g/mol. The molecule has 0 aliphatic heterocycles. The molecule has 0 amide bonds. The number of benzene rings is 1. The molecule has 0 aromatic heterocycles. The Morgan fingerprint density at radius 2 is 1.87 bits per heavy atom. The summed E-state index contributed by atoms with van der Waals surface area (Å²) in [5, 5.41) is 0.510. The Bertz CT molecular complexity index is 450. The maximum atomic E-state index is 11.4. The highest BCUT2D eigenvalue weighted by molar-refractivity contribution is 7.86. The summed E-state index contributed by atoms with van der Waals surface area (Å²) in [5.41, 5.74) is 0.364. The molecule has 82 valence electrons. The van der Waals surface area contributed by atoms with Gasteiger partial charge in [-0.05, 0) is 24.3 Å². The van der Waals surface area contributed by atoms with Crippen LogP contribution in [-0.2, 0) is 14.3 Å². The van der Waals surface area contributed by atoms with E-state index >= 15 is 0 Å². The minimum Gasteiger partial charge on any atom is -0.291 e. The van der Waals surface area contributed by atoms with Gasteiger partial charge in [0.15, 0.2) is 5.78 Å². The first-order valence-electron chi connectivity index (χ1n) is 4.01. The van der Waals surface area contributed by atoms with Crippen molar-refractivity contribution in [2.75, 3.05) is 12.9 Å². The second-order valence-electron chi connectivity index (χ2n) is 2.90. The lowest BCUT2D eigenvalue weighted by Gasteiger charge is -2.01. The standard InChI is InChI=1S/C9H9ClO4S/c1-15(12,13)14-6-9(11)7-2-4-8(10)5-3-7/h2-5H,6H2,1H3. The van der Waals surface area contributed by atoms with Gasteiger partial charge in [0.25, 0.3) is 10.1 Å². The zero-order valence-electron chi connectivity index (χ0n) is 7.94. The van der Waals surface area contributed by atoms with Gasteiger partial charge in [-0.25, -0.2) is 0 Å². The van der Waals surface area contributed by atoms with Crippen molar-refractivity contribution in [2.24, 2.45) is 0 Å². The summed E-state index contributed by atoms with van der Waals surface area (Å²) in [6.45, 7) is -0.486. The van der Waals surface area contributed by atoms with E-state index in [2.05, 4.69) is 4.18 Å². The van der Waals surface area contributed by atoms with Crippen molar-refractivity contribution in [3.05, 3.63) is 34.9 Å². The van der Waals surface area contributed by atoms with Crippen LogP contribution in [0, 0.1) is 0 Å². The first-order valence-corrected chi connectivity index (χ1v) is 6.21. The maximum Gasteiger partial charge on any atom is 0.264 e. The number of rotatable bonds is 4. The molecule has 0 spiro atoms. The van der Waals surface area contributed by atoms with Crippen LogP contribution >= 0.6 is 11.6 Å². The largest absolute Gasteiger partial charge is 0.291 e. The van der Waals surface area contributed by atoms with Crippen LogP contribution in [0.3, 0.4) is 0 Å². The predicted octanol–water partition coefficient (Wildman–Crippen LogP) is 1.50. The van der Waals surface area contributed by atoms with Crippen LogP contribution in [0.2, 0.25) is 5.02 Å². The fraction of sp³-hybridized carbons (Fsp3) is 0.222. The van der Waals surface area contributed by atoms with E-state index in [0.717, 1.165) is 6.26 Å². The summed E-state index contributed by atoms with van der Waals surface area (Å²) in [5.74, 6) is -0.405. The molecule has 0 saturated carbocycles. The zero-order valence-corrected chi connectivity index (χ0v) is 9.51. The average molecular weight is 249 g/mol. The minimum atomic E-state index is -3.58. The van der Waals surface area contributed by atoms with Crippen LogP contribution in [0.15, 0.2) is 24.3 Å². The molecular weight excluding hydrogens is 240 g/mol. The molecule has 6 heteroatoms. The second kappa shape index (κ2) is 4.74. The molecule has 0 bridgehead atoms. The molecule has 15 heavy (non-hydrogen) atoms. The van der Waals surface area contributed by atoms with E-state index in [9.17, 15) is 13.2 Å². The summed E-state index contributed by atoms with van der Waals surface area (Å²) >= 11 is 5.63. The molecular formula is C9H9ClO4S. The van der Waals surface area contributed by atoms with Gasteiger partial charge in [0, 0.05) is 10.6 Å². The Labute approximate surface area is 92.9 Å². The van der Waals surface area contributed by atoms with Gasteiger partial charge >= 0.3 is 0 Å². The smallest absolute Gasteiger partial charge is 0.264 e. The Morgan fingerprint density at radius 1 is 1.33 bits per heavy atom. The average Bonchev–Trinajstić information content (AvgIpc) is 2.14. The third-order valence-electron chi connectivity index (χ3n) is 1.57. The van der Waals surface area contributed by atoms with Crippen molar-refractivity contribution < 1.29 is 17.4 Å². The summed E-state index contributed by atoms with van der Waals surface area (Å²) in [7, 11) is -3.58. The van der Waals surface area contributed by atoms with Crippen molar-refractivity contribution in [1.82, 2.24) is 0 Å². The topological polar surface area (TPSA) is 60.4 Å². The Kier molecular flexibility index (Phi) is 3.84. The van der Waals surface area contributed by atoms with Gasteiger partial charge in [-0.2, -0.15) is 8.42 Å². The second-order valence-corrected chi connectivity index (χ2v) is 4.98. The van der Waals surface area contributed by atoms with Crippen molar-refractivity contribution in [2.45, 2.75) is 0 Å². The molecule has 0 fully saturated rings. The number of carbonyl (C=O) groups excluding carboxylic acids is 1. The van der Waals surface area contributed by atoms with Crippen molar-refractivity contribution >= 4 is 27.5 Å². The first-order chi connectivity index (χ1) is 6.88. The molecule has 0 N–H and O–H groups in total. The van der Waals surface area contributed by atoms with Gasteiger partial charge in [0.05, 0.1) is 6.26 Å². The van der Waals surface area contributed by atoms with Crippen molar-refractivity contribution in [3.63, 3.8) is 0 Å². The lowest BCUT2D eigenvalue weighted by Crippen LogP contribution is -2.13. The van der Waals surface area contributed by atoms with E-state index in [0.29, 0.717) is 10.6 Å². The fourth-order valence-corrected chi connectivity index (χ4v) is 1.33. The van der Waals surface area contributed by atoms with E-state index in [1.165, 1.54) is 12.1 Å². The third kappa shape index (κ3) is 4.42. The highest BCUT2D eigenvalue weighted by Crippen LogP contribution is 2.10. The number of ketones is 1. The van der Waals surface area contributed by atoms with Gasteiger partial charge in [-0.3, -0.25) is 8.98 Å². The van der Waals surface area contributed by atoms with Crippen LogP contribution in [0.25, 0.3) is 0 Å². The molecule has 0 unspecified atom stereocenters. The van der Waals surface area contributed by atoms with Crippen LogP contribution in [0.1, 0.15) is 10.4 Å². The Balaban J connectivity index is 2.66. The predicted molar refractivity (Wildman–Crippen MR) is 56.6 cm³/mol. The van der Waals surface area contributed by atoms with Crippen LogP contribution in [0.5, 0.6) is 0 Å². The summed E-state index contributed by atoms with van der Waals surface area (Å²) < 4.78 is 25.6. The van der Waals surface area contributed by atoms with E-state index in [4.69, 9.17) is 11.6 Å². The lowest BCUT2D eigenvalue weighted by molar-refractivity contribution is 0.0925. The summed E-state index contributed by atoms with van der Waals surface area (Å²) in [6, 6.07) is 6.12. The minimum absolute atomic E-state index is 0.364. The van der Waals surface area contributed by atoms with E-state index in [-0.39, 0.29) is 0 Å². The van der Waals surface area contributed by atoms with Gasteiger partial charge < -0.3 is 0 Å². The molecule has 4 nitrogen and oxygen atoms in total. The fourth-order valence-electron chi connectivity index (χ4n) is 0.880.